The average molecular weight is 608 g/mol. The van der Waals surface area contributed by atoms with E-state index in [4.69, 9.17) is 0 Å². The molecule has 0 aromatic heterocycles. The maximum absolute atomic E-state index is 2.88. The highest BCUT2D eigenvalue weighted by Gasteiger charge is 2.38. The van der Waals surface area contributed by atoms with E-state index in [-0.39, 0.29) is 0 Å². The van der Waals surface area contributed by atoms with Gasteiger partial charge in [0, 0.05) is 22.4 Å². The zero-order valence-corrected chi connectivity index (χ0v) is 31.3. The average Bonchev–Trinajstić information content (AvgIpc) is 2.78. The van der Waals surface area contributed by atoms with Crippen LogP contribution in [0.15, 0.2) is 84.9 Å². The molecule has 0 aliphatic heterocycles. The van der Waals surface area contributed by atoms with Gasteiger partial charge in [0.2, 0.25) is 0 Å². The molecule has 0 aliphatic rings. The lowest BCUT2D eigenvalue weighted by Crippen LogP contribution is -2.62. The standard InChI is InChI=1S/C31H50N3PSi4/c1-36(2,3)32(27-21-15-13-16-22-27)31(33(37(4,5)6)28-23-17-14-18-24-28)35-30-26-20-19-25-29(30)34(38(7,8)9)39(10,11)12/h13-26H,1-12H3. The molecule has 0 saturated heterocycles. The smallest absolute Gasteiger partial charge is 0.155 e. The number of hydrogen-bond acceptors (Lipinski definition) is 1. The van der Waals surface area contributed by atoms with E-state index < -0.39 is 32.9 Å². The lowest BCUT2D eigenvalue weighted by Gasteiger charge is -2.48. The summed E-state index contributed by atoms with van der Waals surface area (Å²) in [6.07, 6.45) is 0. The summed E-state index contributed by atoms with van der Waals surface area (Å²) in [7, 11) is -5.72. The van der Waals surface area contributed by atoms with Crippen LogP contribution in [-0.2, 0) is 0 Å². The van der Waals surface area contributed by atoms with Crippen LogP contribution in [0.5, 0.6) is 0 Å². The van der Waals surface area contributed by atoms with Crippen LogP contribution in [0.4, 0.5) is 17.1 Å². The first-order valence-electron chi connectivity index (χ1n) is 14.1. The molecule has 0 heterocycles. The highest BCUT2D eigenvalue weighted by atomic mass is 31.1. The van der Waals surface area contributed by atoms with Crippen molar-refractivity contribution in [3.05, 3.63) is 84.9 Å². The largest absolute Gasteiger partial charge is 0.424 e. The second kappa shape index (κ2) is 11.9. The fourth-order valence-electron chi connectivity index (χ4n) is 5.54. The third-order valence-corrected chi connectivity index (χ3v) is 18.9. The quantitative estimate of drug-likeness (QED) is 0.168. The Morgan fingerprint density at radius 3 is 1.18 bits per heavy atom. The molecule has 0 amide bonds. The lowest BCUT2D eigenvalue weighted by atomic mass is 10.3. The van der Waals surface area contributed by atoms with Gasteiger partial charge in [-0.2, -0.15) is 0 Å². The zero-order valence-electron chi connectivity index (χ0n) is 26.4. The highest BCUT2D eigenvalue weighted by molar-refractivity contribution is 7.51. The van der Waals surface area contributed by atoms with Gasteiger partial charge in [-0.25, -0.2) is 0 Å². The molecule has 0 spiro atoms. The highest BCUT2D eigenvalue weighted by Crippen LogP contribution is 2.34. The van der Waals surface area contributed by atoms with Crippen LogP contribution in [0.3, 0.4) is 0 Å². The SMILES string of the molecule is C[Si](C)(C)N(C(=Pc1ccccc1N([Si](C)(C)C)[Si](C)(C)C)N(c1ccccc1)[Si](C)(C)C)c1ccccc1. The molecule has 3 rings (SSSR count). The Labute approximate surface area is 245 Å². The van der Waals surface area contributed by atoms with Crippen molar-refractivity contribution in [3.63, 3.8) is 0 Å². The van der Waals surface area contributed by atoms with E-state index in [1.165, 1.54) is 36.1 Å². The molecule has 3 aromatic carbocycles. The molecule has 210 valence electrons. The van der Waals surface area contributed by atoms with E-state index in [1.54, 1.807) is 0 Å². The first-order valence-corrected chi connectivity index (χ1v) is 28.8. The van der Waals surface area contributed by atoms with Crippen molar-refractivity contribution >= 4 is 69.1 Å². The van der Waals surface area contributed by atoms with Crippen molar-refractivity contribution in [2.45, 2.75) is 78.6 Å². The topological polar surface area (TPSA) is 9.72 Å². The van der Waals surface area contributed by atoms with Crippen LogP contribution in [0.2, 0.25) is 78.6 Å². The summed E-state index contributed by atoms with van der Waals surface area (Å²) in [6.45, 7) is 29.9. The summed E-state index contributed by atoms with van der Waals surface area (Å²) in [6, 6.07) is 31.4. The second-order valence-corrected chi connectivity index (χ2v) is 35.0. The van der Waals surface area contributed by atoms with Gasteiger partial charge in [0.05, 0.1) is 0 Å². The molecule has 8 heteroatoms. The van der Waals surface area contributed by atoms with Crippen LogP contribution in [-0.4, -0.2) is 38.5 Å². The molecule has 0 fully saturated rings. The summed E-state index contributed by atoms with van der Waals surface area (Å²) >= 11 is 0. The molecular weight excluding hydrogens is 558 g/mol. The number of rotatable bonds is 10. The van der Waals surface area contributed by atoms with Crippen LogP contribution in [0.1, 0.15) is 0 Å². The van der Waals surface area contributed by atoms with Crippen LogP contribution < -0.4 is 18.7 Å². The summed E-state index contributed by atoms with van der Waals surface area (Å²) < 4.78 is 8.33. The Balaban J connectivity index is 2.45. The molecule has 0 unspecified atom stereocenters. The molecule has 0 aliphatic carbocycles. The fourth-order valence-corrected chi connectivity index (χ4v) is 22.2. The number of para-hydroxylation sites is 3. The first kappa shape index (κ1) is 31.6. The van der Waals surface area contributed by atoms with Crippen LogP contribution in [0, 0.1) is 0 Å². The van der Waals surface area contributed by atoms with Crippen LogP contribution in [0.25, 0.3) is 0 Å². The molecule has 0 bridgehead atoms. The van der Waals surface area contributed by atoms with Gasteiger partial charge in [0.25, 0.3) is 0 Å². The van der Waals surface area contributed by atoms with E-state index in [0.29, 0.717) is 0 Å². The monoisotopic (exact) mass is 607 g/mol. The van der Waals surface area contributed by atoms with Crippen molar-refractivity contribution in [3.8, 4) is 0 Å². The van der Waals surface area contributed by atoms with Crippen molar-refractivity contribution in [2.75, 3.05) is 13.4 Å². The van der Waals surface area contributed by atoms with E-state index in [1.807, 2.05) is 0 Å². The van der Waals surface area contributed by atoms with Gasteiger partial charge < -0.3 is 13.4 Å². The molecule has 39 heavy (non-hydrogen) atoms. The minimum Gasteiger partial charge on any atom is -0.424 e. The summed E-state index contributed by atoms with van der Waals surface area (Å²) in [5, 5.41) is 1.41. The Morgan fingerprint density at radius 2 is 0.821 bits per heavy atom. The minimum absolute atomic E-state index is 1.26. The Kier molecular flexibility index (Phi) is 9.66. The van der Waals surface area contributed by atoms with Gasteiger partial charge >= 0.3 is 0 Å². The van der Waals surface area contributed by atoms with Gasteiger partial charge in [0.1, 0.15) is 22.0 Å². The third-order valence-electron chi connectivity index (χ3n) is 6.46. The fraction of sp³-hybridized carbons (Fsp3) is 0.387. The molecular formula is C31H50N3PSi4. The molecule has 0 N–H and O–H groups in total. The third kappa shape index (κ3) is 7.85. The Hall–Kier alpha value is -1.90. The number of benzene rings is 3. The molecule has 0 saturated carbocycles. The van der Waals surface area contributed by atoms with Gasteiger partial charge in [-0.1, -0.05) is 127 Å². The van der Waals surface area contributed by atoms with Crippen molar-refractivity contribution < 1.29 is 0 Å². The predicted octanol–water partition coefficient (Wildman–Crippen LogP) is 9.50. The lowest BCUT2D eigenvalue weighted by molar-refractivity contribution is 1.31. The van der Waals surface area contributed by atoms with Gasteiger partial charge in [-0.15, -0.1) is 0 Å². The van der Waals surface area contributed by atoms with Crippen molar-refractivity contribution in [1.29, 1.82) is 0 Å². The molecule has 0 radical (unpaired) electrons. The van der Waals surface area contributed by atoms with E-state index in [0.717, 1.165) is 0 Å². The summed E-state index contributed by atoms with van der Waals surface area (Å²) in [4.78, 5) is 0. The Morgan fingerprint density at radius 1 is 0.462 bits per heavy atom. The van der Waals surface area contributed by atoms with E-state index in [2.05, 4.69) is 177 Å². The van der Waals surface area contributed by atoms with Crippen LogP contribution >= 0.6 is 8.20 Å². The van der Waals surface area contributed by atoms with E-state index >= 15 is 0 Å². The number of anilines is 3. The number of nitrogens with zero attached hydrogens (tertiary/aromatic N) is 3. The van der Waals surface area contributed by atoms with Crippen molar-refractivity contribution in [2.24, 2.45) is 0 Å². The number of hydrogen-bond donors (Lipinski definition) is 0. The summed E-state index contributed by atoms with van der Waals surface area (Å²) in [5.41, 5.74) is 5.41. The van der Waals surface area contributed by atoms with Crippen molar-refractivity contribution in [1.82, 2.24) is 0 Å². The Bertz CT molecular complexity index is 1180. The predicted molar refractivity (Wildman–Crippen MR) is 192 cm³/mol. The summed E-state index contributed by atoms with van der Waals surface area (Å²) in [5.74, 6) is 0. The first-order chi connectivity index (χ1) is 17.9. The van der Waals surface area contributed by atoms with Gasteiger partial charge in [-0.3, -0.25) is 0 Å². The van der Waals surface area contributed by atoms with Gasteiger partial charge in [0.15, 0.2) is 16.5 Å². The maximum atomic E-state index is 2.88. The maximum Gasteiger partial charge on any atom is 0.155 e. The van der Waals surface area contributed by atoms with E-state index in [9.17, 15) is 0 Å². The molecule has 3 nitrogen and oxygen atoms in total. The normalized spacial score (nSPS) is 12.8. The second-order valence-electron chi connectivity index (χ2n) is 14.3. The molecule has 3 aromatic rings. The van der Waals surface area contributed by atoms with Gasteiger partial charge in [-0.05, 0) is 44.6 Å². The molecule has 0 atom stereocenters. The zero-order chi connectivity index (χ0) is 29.2. The minimum atomic E-state index is -1.86.